The molecule has 0 aliphatic rings. The van der Waals surface area contributed by atoms with E-state index in [1.165, 1.54) is 11.1 Å². The number of guanidine groups is 1. The van der Waals surface area contributed by atoms with E-state index in [1.807, 2.05) is 37.4 Å². The van der Waals surface area contributed by atoms with Gasteiger partial charge in [-0.2, -0.15) is 0 Å². The normalized spacial score (nSPS) is 11.4. The van der Waals surface area contributed by atoms with Gasteiger partial charge in [-0.25, -0.2) is 0 Å². The summed E-state index contributed by atoms with van der Waals surface area (Å²) >= 11 is 0. The summed E-state index contributed by atoms with van der Waals surface area (Å²) in [7, 11) is 0. The predicted octanol–water partition coefficient (Wildman–Crippen LogP) is 2.08. The predicted molar refractivity (Wildman–Crippen MR) is 87.3 cm³/mol. The zero-order chi connectivity index (χ0) is 14.9. The molecule has 1 aromatic carbocycles. The average molecular weight is 282 g/mol. The molecule has 0 saturated heterocycles. The van der Waals surface area contributed by atoms with Crippen molar-refractivity contribution in [3.63, 3.8) is 0 Å². The lowest BCUT2D eigenvalue weighted by molar-refractivity contribution is 0.839. The smallest absolute Gasteiger partial charge is 0.188 e. The van der Waals surface area contributed by atoms with Crippen LogP contribution in [0.2, 0.25) is 0 Å². The van der Waals surface area contributed by atoms with Crippen molar-refractivity contribution in [1.29, 1.82) is 0 Å². The Morgan fingerprint density at radius 2 is 1.90 bits per heavy atom. The van der Waals surface area contributed by atoms with Gasteiger partial charge in [-0.1, -0.05) is 36.4 Å². The topological polar surface area (TPSA) is 63.3 Å². The van der Waals surface area contributed by atoms with Gasteiger partial charge in [0.05, 0.1) is 0 Å². The van der Waals surface area contributed by atoms with Gasteiger partial charge in [-0.15, -0.1) is 0 Å². The van der Waals surface area contributed by atoms with Crippen molar-refractivity contribution in [2.24, 2.45) is 10.7 Å². The van der Waals surface area contributed by atoms with E-state index >= 15 is 0 Å². The minimum absolute atomic E-state index is 0.506. The van der Waals surface area contributed by atoms with E-state index in [9.17, 15) is 0 Å². The number of aromatic nitrogens is 1. The Morgan fingerprint density at radius 1 is 1.10 bits per heavy atom. The van der Waals surface area contributed by atoms with E-state index in [2.05, 4.69) is 33.5 Å². The van der Waals surface area contributed by atoms with Crippen LogP contribution < -0.4 is 11.1 Å². The molecule has 1 aromatic heterocycles. The number of nitrogens with two attached hydrogens (primary N) is 1. The number of hydrogen-bond donors (Lipinski definition) is 2. The Bertz CT molecular complexity index is 561. The van der Waals surface area contributed by atoms with Gasteiger partial charge in [0.1, 0.15) is 0 Å². The number of nitrogens with zero attached hydrogens (tertiary/aromatic N) is 2. The van der Waals surface area contributed by atoms with E-state index in [0.29, 0.717) is 12.5 Å². The summed E-state index contributed by atoms with van der Waals surface area (Å²) in [6.45, 7) is 3.46. The molecule has 0 bridgehead atoms. The third-order valence-corrected chi connectivity index (χ3v) is 3.22. The maximum atomic E-state index is 5.85. The van der Waals surface area contributed by atoms with Crippen LogP contribution in [-0.4, -0.2) is 24.0 Å². The molecule has 0 radical (unpaired) electrons. The Kier molecular flexibility index (Phi) is 5.76. The summed E-state index contributed by atoms with van der Waals surface area (Å²) in [5.74, 6) is 0.506. The van der Waals surface area contributed by atoms with E-state index in [1.54, 1.807) is 0 Å². The van der Waals surface area contributed by atoms with Crippen molar-refractivity contribution in [3.8, 4) is 0 Å². The van der Waals surface area contributed by atoms with Crippen LogP contribution >= 0.6 is 0 Å². The van der Waals surface area contributed by atoms with Crippen molar-refractivity contribution < 1.29 is 0 Å². The Labute approximate surface area is 126 Å². The standard InChI is InChI=1S/C17H22N4/c1-14-7-8-16(13-21-14)10-12-20-17(18)19-11-9-15-5-3-2-4-6-15/h2-8,13H,9-12H2,1H3,(H3,18,19,20). The second-order valence-corrected chi connectivity index (χ2v) is 4.99. The second kappa shape index (κ2) is 8.04. The first-order chi connectivity index (χ1) is 10.2. The summed E-state index contributed by atoms with van der Waals surface area (Å²) in [5.41, 5.74) is 9.36. The number of aryl methyl sites for hydroxylation is 1. The van der Waals surface area contributed by atoms with Crippen molar-refractivity contribution in [2.45, 2.75) is 19.8 Å². The van der Waals surface area contributed by atoms with Gasteiger partial charge < -0.3 is 11.1 Å². The number of nitrogens with one attached hydrogen (secondary N) is 1. The molecule has 0 unspecified atom stereocenters. The molecule has 0 fully saturated rings. The van der Waals surface area contributed by atoms with Gasteiger partial charge in [-0.05, 0) is 37.0 Å². The van der Waals surface area contributed by atoms with Crippen LogP contribution in [0.5, 0.6) is 0 Å². The maximum Gasteiger partial charge on any atom is 0.188 e. The fourth-order valence-electron chi connectivity index (χ4n) is 1.99. The lowest BCUT2D eigenvalue weighted by Crippen LogP contribution is -2.33. The molecule has 0 saturated carbocycles. The van der Waals surface area contributed by atoms with Gasteiger partial charge >= 0.3 is 0 Å². The molecule has 21 heavy (non-hydrogen) atoms. The van der Waals surface area contributed by atoms with Crippen LogP contribution in [0.15, 0.2) is 53.7 Å². The molecule has 0 atom stereocenters. The summed E-state index contributed by atoms with van der Waals surface area (Å²) in [6.07, 6.45) is 3.70. The second-order valence-electron chi connectivity index (χ2n) is 4.99. The van der Waals surface area contributed by atoms with E-state index in [4.69, 9.17) is 5.73 Å². The van der Waals surface area contributed by atoms with Crippen LogP contribution in [0.4, 0.5) is 0 Å². The number of pyridine rings is 1. The van der Waals surface area contributed by atoms with Gasteiger partial charge in [-0.3, -0.25) is 9.98 Å². The largest absolute Gasteiger partial charge is 0.370 e. The van der Waals surface area contributed by atoms with Crippen molar-refractivity contribution in [2.75, 3.05) is 13.1 Å². The molecule has 0 spiro atoms. The van der Waals surface area contributed by atoms with Gasteiger partial charge in [0, 0.05) is 25.0 Å². The van der Waals surface area contributed by atoms with Crippen LogP contribution in [0, 0.1) is 6.92 Å². The van der Waals surface area contributed by atoms with Crippen LogP contribution in [0.25, 0.3) is 0 Å². The highest BCUT2D eigenvalue weighted by molar-refractivity contribution is 5.77. The summed E-state index contributed by atoms with van der Waals surface area (Å²) < 4.78 is 0. The Hall–Kier alpha value is -2.36. The molecule has 3 N–H and O–H groups in total. The van der Waals surface area contributed by atoms with Crippen molar-refractivity contribution >= 4 is 5.96 Å². The highest BCUT2D eigenvalue weighted by atomic mass is 15.1. The number of hydrogen-bond acceptors (Lipinski definition) is 2. The summed E-state index contributed by atoms with van der Waals surface area (Å²) in [4.78, 5) is 8.60. The first-order valence-electron chi connectivity index (χ1n) is 7.23. The highest BCUT2D eigenvalue weighted by Crippen LogP contribution is 2.00. The molecule has 0 amide bonds. The number of aliphatic imine (C=N–C) groups is 1. The molecule has 4 nitrogen and oxygen atoms in total. The number of rotatable bonds is 6. The molecule has 2 aromatic rings. The van der Waals surface area contributed by atoms with Crippen molar-refractivity contribution in [1.82, 2.24) is 10.3 Å². The van der Waals surface area contributed by atoms with Gasteiger partial charge in [0.15, 0.2) is 5.96 Å². The van der Waals surface area contributed by atoms with Crippen LogP contribution in [-0.2, 0) is 12.8 Å². The molecule has 0 aliphatic heterocycles. The summed E-state index contributed by atoms with van der Waals surface area (Å²) in [5, 5.41) is 3.13. The monoisotopic (exact) mass is 282 g/mol. The minimum atomic E-state index is 0.506. The lowest BCUT2D eigenvalue weighted by atomic mass is 10.2. The molecular formula is C17H22N4. The van der Waals surface area contributed by atoms with Gasteiger partial charge in [0.2, 0.25) is 0 Å². The summed E-state index contributed by atoms with van der Waals surface area (Å²) in [6, 6.07) is 14.4. The molecule has 2 rings (SSSR count). The maximum absolute atomic E-state index is 5.85. The SMILES string of the molecule is Cc1ccc(CCNC(N)=NCCc2ccccc2)cn1. The van der Waals surface area contributed by atoms with Crippen LogP contribution in [0.3, 0.4) is 0 Å². The molecule has 4 heteroatoms. The van der Waals surface area contributed by atoms with E-state index < -0.39 is 0 Å². The zero-order valence-electron chi connectivity index (χ0n) is 12.4. The third kappa shape index (κ3) is 5.65. The molecule has 0 aliphatic carbocycles. The molecule has 110 valence electrons. The van der Waals surface area contributed by atoms with Crippen LogP contribution in [0.1, 0.15) is 16.8 Å². The Morgan fingerprint density at radius 3 is 2.62 bits per heavy atom. The molecular weight excluding hydrogens is 260 g/mol. The van der Waals surface area contributed by atoms with E-state index in [-0.39, 0.29) is 0 Å². The lowest BCUT2D eigenvalue weighted by Gasteiger charge is -2.06. The molecule has 1 heterocycles. The van der Waals surface area contributed by atoms with E-state index in [0.717, 1.165) is 25.1 Å². The fourth-order valence-corrected chi connectivity index (χ4v) is 1.99. The third-order valence-electron chi connectivity index (χ3n) is 3.22. The number of benzene rings is 1. The zero-order valence-corrected chi connectivity index (χ0v) is 12.4. The van der Waals surface area contributed by atoms with Crippen molar-refractivity contribution in [3.05, 3.63) is 65.5 Å². The van der Waals surface area contributed by atoms with Gasteiger partial charge in [0.25, 0.3) is 0 Å². The fraction of sp³-hybridized carbons (Fsp3) is 0.294. The highest BCUT2D eigenvalue weighted by Gasteiger charge is 1.96. The first-order valence-corrected chi connectivity index (χ1v) is 7.23. The first kappa shape index (κ1) is 15.0. The minimum Gasteiger partial charge on any atom is -0.370 e. The quantitative estimate of drug-likeness (QED) is 0.630. The average Bonchev–Trinajstić information content (AvgIpc) is 2.50. The Balaban J connectivity index is 1.68.